The summed E-state index contributed by atoms with van der Waals surface area (Å²) in [6.45, 7) is 5.24. The monoisotopic (exact) mass is 422 g/mol. The first-order valence-electron chi connectivity index (χ1n) is 10.6. The van der Waals surface area contributed by atoms with Crippen molar-refractivity contribution in [3.8, 4) is 0 Å². The molecule has 0 aromatic heterocycles. The van der Waals surface area contributed by atoms with E-state index < -0.39 is 17.5 Å². The molecule has 2 aromatic rings. The van der Waals surface area contributed by atoms with Gasteiger partial charge in [0, 0.05) is 17.7 Å². The summed E-state index contributed by atoms with van der Waals surface area (Å²) in [5, 5.41) is 2.97. The zero-order valence-corrected chi connectivity index (χ0v) is 17.7. The Morgan fingerprint density at radius 2 is 1.87 bits per heavy atom. The van der Waals surface area contributed by atoms with Crippen molar-refractivity contribution in [3.63, 3.8) is 0 Å². The quantitative estimate of drug-likeness (QED) is 0.801. The van der Waals surface area contributed by atoms with Crippen LogP contribution in [0.15, 0.2) is 54.6 Å². The van der Waals surface area contributed by atoms with Gasteiger partial charge < -0.3 is 24.4 Å². The molecule has 0 aliphatic carbocycles. The molecule has 3 atom stereocenters. The van der Waals surface area contributed by atoms with Crippen LogP contribution in [0.1, 0.15) is 40.1 Å². The Hall–Kier alpha value is -2.74. The fourth-order valence-corrected chi connectivity index (χ4v) is 4.78. The first-order valence-corrected chi connectivity index (χ1v) is 10.6. The zero-order valence-electron chi connectivity index (χ0n) is 17.7. The summed E-state index contributed by atoms with van der Waals surface area (Å²) in [7, 11) is 0. The lowest BCUT2D eigenvalue weighted by Crippen LogP contribution is -2.52. The maximum absolute atomic E-state index is 12.8. The van der Waals surface area contributed by atoms with Crippen molar-refractivity contribution >= 4 is 11.8 Å². The predicted molar refractivity (Wildman–Crippen MR) is 112 cm³/mol. The zero-order chi connectivity index (χ0) is 21.6. The molecule has 3 aliphatic rings. The van der Waals surface area contributed by atoms with Gasteiger partial charge in [-0.15, -0.1) is 0 Å². The molecule has 2 fully saturated rings. The second kappa shape index (κ2) is 7.44. The highest BCUT2D eigenvalue weighted by molar-refractivity contribution is 5.98. The Kier molecular flexibility index (Phi) is 4.84. The summed E-state index contributed by atoms with van der Waals surface area (Å²) in [5.74, 6) is -0.967. The Bertz CT molecular complexity index is 1010. The number of carbonyl (C=O) groups is 2. The number of fused-ring (bicyclic) bond motifs is 2. The van der Waals surface area contributed by atoms with Gasteiger partial charge in [0.1, 0.15) is 17.8 Å². The van der Waals surface area contributed by atoms with Gasteiger partial charge in [0.25, 0.3) is 11.8 Å². The summed E-state index contributed by atoms with van der Waals surface area (Å²) in [6, 6.07) is 16.7. The number of hydrogen-bond donors (Lipinski definition) is 1. The lowest BCUT2D eigenvalue weighted by Gasteiger charge is -2.27. The number of benzene rings is 2. The molecule has 3 aliphatic heterocycles. The number of ether oxygens (including phenoxy) is 3. The molecular weight excluding hydrogens is 396 g/mol. The largest absolute Gasteiger partial charge is 0.370 e. The number of rotatable bonds is 5. The second-order valence-corrected chi connectivity index (χ2v) is 8.85. The lowest BCUT2D eigenvalue weighted by atomic mass is 9.96. The van der Waals surface area contributed by atoms with Gasteiger partial charge in [-0.3, -0.25) is 9.59 Å². The van der Waals surface area contributed by atoms with Crippen molar-refractivity contribution in [1.82, 2.24) is 10.2 Å². The highest BCUT2D eigenvalue weighted by Crippen LogP contribution is 2.43. The third-order valence-electron chi connectivity index (χ3n) is 6.14. The Morgan fingerprint density at radius 1 is 1.13 bits per heavy atom. The molecule has 3 heterocycles. The van der Waals surface area contributed by atoms with E-state index in [-0.39, 0.29) is 31.1 Å². The minimum atomic E-state index is -0.803. The highest BCUT2D eigenvalue weighted by atomic mass is 16.8. The summed E-state index contributed by atoms with van der Waals surface area (Å²) in [5.41, 5.74) is 1.56. The van der Waals surface area contributed by atoms with Gasteiger partial charge >= 0.3 is 0 Å². The molecule has 7 nitrogen and oxygen atoms in total. The van der Waals surface area contributed by atoms with Gasteiger partial charge in [-0.1, -0.05) is 36.4 Å². The van der Waals surface area contributed by atoms with Gasteiger partial charge in [-0.2, -0.15) is 0 Å². The standard InChI is InChI=1S/C24H26N2O5/c1-23(2)30-20-19(13-26-12-17-10-6-7-11-18(17)22(26)28)29-15-24(20,31-23)14-25-21(27)16-8-4-3-5-9-16/h3-11,19-20H,12-15H2,1-2H3,(H,25,27)/t19-,20?,24+/m1/s1. The van der Waals surface area contributed by atoms with Crippen LogP contribution in [0.2, 0.25) is 0 Å². The first kappa shape index (κ1) is 20.2. The minimum Gasteiger partial charge on any atom is -0.370 e. The van der Waals surface area contributed by atoms with Crippen molar-refractivity contribution in [2.75, 3.05) is 19.7 Å². The molecule has 2 amide bonds. The van der Waals surface area contributed by atoms with E-state index >= 15 is 0 Å². The fraction of sp³-hybridized carbons (Fsp3) is 0.417. The average molecular weight is 422 g/mol. The van der Waals surface area contributed by atoms with Gasteiger partial charge in [0.2, 0.25) is 0 Å². The molecule has 162 valence electrons. The van der Waals surface area contributed by atoms with Crippen LogP contribution in [0.4, 0.5) is 0 Å². The molecule has 1 unspecified atom stereocenters. The second-order valence-electron chi connectivity index (χ2n) is 8.85. The van der Waals surface area contributed by atoms with E-state index in [1.165, 1.54) is 0 Å². The van der Waals surface area contributed by atoms with Crippen LogP contribution in [0.3, 0.4) is 0 Å². The number of nitrogens with one attached hydrogen (secondary N) is 1. The van der Waals surface area contributed by atoms with Crippen molar-refractivity contribution in [1.29, 1.82) is 0 Å². The average Bonchev–Trinajstić information content (AvgIpc) is 3.35. The smallest absolute Gasteiger partial charge is 0.254 e. The number of hydrogen-bond acceptors (Lipinski definition) is 5. The van der Waals surface area contributed by atoms with Gasteiger partial charge in [0.15, 0.2) is 5.79 Å². The van der Waals surface area contributed by atoms with Crippen LogP contribution in [0.5, 0.6) is 0 Å². The van der Waals surface area contributed by atoms with Crippen LogP contribution in [-0.2, 0) is 20.8 Å². The van der Waals surface area contributed by atoms with E-state index in [1.54, 1.807) is 17.0 Å². The van der Waals surface area contributed by atoms with E-state index in [0.29, 0.717) is 18.7 Å². The molecule has 2 aromatic carbocycles. The molecule has 1 N–H and O–H groups in total. The van der Waals surface area contributed by atoms with E-state index in [4.69, 9.17) is 14.2 Å². The van der Waals surface area contributed by atoms with Crippen molar-refractivity contribution < 1.29 is 23.8 Å². The van der Waals surface area contributed by atoms with E-state index in [9.17, 15) is 9.59 Å². The Balaban J connectivity index is 1.30. The van der Waals surface area contributed by atoms with Crippen LogP contribution in [-0.4, -0.2) is 60.0 Å². The van der Waals surface area contributed by atoms with Crippen LogP contribution < -0.4 is 5.32 Å². The van der Waals surface area contributed by atoms with E-state index in [2.05, 4.69) is 5.32 Å². The maximum Gasteiger partial charge on any atom is 0.254 e. The fourth-order valence-electron chi connectivity index (χ4n) is 4.78. The summed E-state index contributed by atoms with van der Waals surface area (Å²) in [4.78, 5) is 27.2. The normalized spacial score (nSPS) is 28.5. The summed E-state index contributed by atoms with van der Waals surface area (Å²) >= 11 is 0. The van der Waals surface area contributed by atoms with Crippen LogP contribution in [0.25, 0.3) is 0 Å². The highest BCUT2D eigenvalue weighted by Gasteiger charge is 2.61. The maximum atomic E-state index is 12.8. The van der Waals surface area contributed by atoms with Gasteiger partial charge in [-0.05, 0) is 37.6 Å². The van der Waals surface area contributed by atoms with Crippen molar-refractivity contribution in [2.24, 2.45) is 0 Å². The minimum absolute atomic E-state index is 0.00672. The molecule has 31 heavy (non-hydrogen) atoms. The topological polar surface area (TPSA) is 77.1 Å². The molecule has 5 rings (SSSR count). The molecule has 0 bridgehead atoms. The van der Waals surface area contributed by atoms with Crippen LogP contribution >= 0.6 is 0 Å². The molecule has 2 saturated heterocycles. The lowest BCUT2D eigenvalue weighted by molar-refractivity contribution is -0.189. The Labute approximate surface area is 181 Å². The molecule has 0 spiro atoms. The molecule has 7 heteroatoms. The SMILES string of the molecule is CC1(C)OC2[C@@H](CN3Cc4ccccc4C3=O)OC[C@]2(CNC(=O)c2ccccc2)O1. The Morgan fingerprint density at radius 3 is 2.65 bits per heavy atom. The summed E-state index contributed by atoms with van der Waals surface area (Å²) < 4.78 is 18.5. The molecular formula is C24H26N2O5. The first-order chi connectivity index (χ1) is 14.9. The summed E-state index contributed by atoms with van der Waals surface area (Å²) in [6.07, 6.45) is -0.733. The van der Waals surface area contributed by atoms with E-state index in [0.717, 1.165) is 11.1 Å². The van der Waals surface area contributed by atoms with Gasteiger partial charge in [-0.25, -0.2) is 0 Å². The molecule has 0 radical (unpaired) electrons. The van der Waals surface area contributed by atoms with Crippen LogP contribution in [0, 0.1) is 0 Å². The number of carbonyl (C=O) groups excluding carboxylic acids is 2. The third kappa shape index (κ3) is 3.63. The van der Waals surface area contributed by atoms with Gasteiger partial charge in [0.05, 0.1) is 19.7 Å². The van der Waals surface area contributed by atoms with E-state index in [1.807, 2.05) is 56.3 Å². The predicted octanol–water partition coefficient (Wildman–Crippen LogP) is 2.36. The third-order valence-corrected chi connectivity index (χ3v) is 6.14. The van der Waals surface area contributed by atoms with Crippen molar-refractivity contribution in [2.45, 2.75) is 44.0 Å². The van der Waals surface area contributed by atoms with Crippen molar-refractivity contribution in [3.05, 3.63) is 71.3 Å². The number of nitrogens with zero attached hydrogens (tertiary/aromatic N) is 1. The number of amides is 2. The molecule has 0 saturated carbocycles.